The molecule has 0 spiro atoms. The Labute approximate surface area is 298 Å². The maximum Gasteiger partial charge on any atom is 0.337 e. The van der Waals surface area contributed by atoms with Crippen LogP contribution >= 0.6 is 11.3 Å². The lowest BCUT2D eigenvalue weighted by Crippen LogP contribution is -2.37. The summed E-state index contributed by atoms with van der Waals surface area (Å²) < 4.78 is 4.77. The van der Waals surface area contributed by atoms with Crippen molar-refractivity contribution in [2.45, 2.75) is 71.9 Å². The van der Waals surface area contributed by atoms with Gasteiger partial charge in [-0.3, -0.25) is 19.3 Å². The third-order valence-electron chi connectivity index (χ3n) is 8.99. The molecule has 0 fully saturated rings. The molecule has 0 atom stereocenters. The van der Waals surface area contributed by atoms with Gasteiger partial charge in [-0.25, -0.2) is 4.79 Å². The number of thiophene rings is 1. The van der Waals surface area contributed by atoms with Crippen LogP contribution in [0.5, 0.6) is 0 Å². The first-order valence-corrected chi connectivity index (χ1v) is 18.0. The normalized spacial score (nSPS) is 12.4. The first kappa shape index (κ1) is 36.5. The van der Waals surface area contributed by atoms with Crippen molar-refractivity contribution < 1.29 is 23.9 Å². The molecule has 0 unspecified atom stereocenters. The lowest BCUT2D eigenvalue weighted by Gasteiger charge is -2.26. The van der Waals surface area contributed by atoms with Gasteiger partial charge in [-0.2, -0.15) is 0 Å². The van der Waals surface area contributed by atoms with Crippen molar-refractivity contribution >= 4 is 45.7 Å². The summed E-state index contributed by atoms with van der Waals surface area (Å²) in [7, 11) is 1.37. The number of methoxy groups -OCH3 is 1. The number of ether oxygens (including phenoxy) is 1. The van der Waals surface area contributed by atoms with Gasteiger partial charge >= 0.3 is 5.97 Å². The second-order valence-electron chi connectivity index (χ2n) is 13.0. The first-order valence-electron chi connectivity index (χ1n) is 17.2. The third-order valence-corrected chi connectivity index (χ3v) is 10.2. The minimum absolute atomic E-state index is 0.0531. The van der Waals surface area contributed by atoms with Crippen molar-refractivity contribution in [2.75, 3.05) is 30.8 Å². The lowest BCUT2D eigenvalue weighted by molar-refractivity contribution is -0.119. The van der Waals surface area contributed by atoms with Crippen LogP contribution < -0.4 is 16.0 Å². The molecule has 3 N–H and O–H groups in total. The Morgan fingerprint density at radius 3 is 2.16 bits per heavy atom. The number of nitrogens with one attached hydrogen (secondary N) is 3. The van der Waals surface area contributed by atoms with E-state index < -0.39 is 0 Å². The maximum atomic E-state index is 13.8. The van der Waals surface area contributed by atoms with Gasteiger partial charge in [0.15, 0.2) is 0 Å². The molecule has 0 radical (unpaired) electrons. The molecule has 1 aliphatic carbocycles. The Morgan fingerprint density at radius 1 is 0.820 bits per heavy atom. The molecule has 262 valence electrons. The molecule has 0 saturated heterocycles. The SMILES string of the molecule is COC(=O)c1ccc(CCc2ccc(NC(=O)c3c(NC(=O)c4cccc(CN(CCNC(C)=O)C(C)C)c4)sc4c3CCCC4)cc2)cc1. The molecule has 1 aromatic heterocycles. The first-order chi connectivity index (χ1) is 24.1. The fourth-order valence-electron chi connectivity index (χ4n) is 6.17. The van der Waals surface area contributed by atoms with E-state index in [-0.39, 0.29) is 29.7 Å². The number of carbonyl (C=O) groups excluding carboxylic acids is 4. The predicted octanol–water partition coefficient (Wildman–Crippen LogP) is 7.05. The van der Waals surface area contributed by atoms with Gasteiger partial charge in [0.2, 0.25) is 5.91 Å². The fraction of sp³-hybridized carbons (Fsp3) is 0.350. The van der Waals surface area contributed by atoms with Gasteiger partial charge in [-0.15, -0.1) is 11.3 Å². The minimum atomic E-state index is -0.348. The van der Waals surface area contributed by atoms with Crippen molar-refractivity contribution in [3.05, 3.63) is 117 Å². The number of amides is 3. The molecule has 0 saturated carbocycles. The zero-order valence-corrected chi connectivity index (χ0v) is 30.1. The molecular formula is C40H46N4O5S. The molecule has 9 nitrogen and oxygen atoms in total. The highest BCUT2D eigenvalue weighted by Gasteiger charge is 2.27. The Hall–Kier alpha value is -4.80. The van der Waals surface area contributed by atoms with Crippen LogP contribution in [-0.2, 0) is 41.8 Å². The molecule has 0 aliphatic heterocycles. The van der Waals surface area contributed by atoms with Gasteiger partial charge in [-0.1, -0.05) is 36.4 Å². The van der Waals surface area contributed by atoms with Crippen molar-refractivity contribution in [3.63, 3.8) is 0 Å². The summed E-state index contributed by atoms with van der Waals surface area (Å²) in [4.78, 5) is 53.9. The van der Waals surface area contributed by atoms with E-state index in [4.69, 9.17) is 4.74 Å². The van der Waals surface area contributed by atoms with Gasteiger partial charge in [0.1, 0.15) is 5.00 Å². The molecule has 3 aromatic carbocycles. The topological polar surface area (TPSA) is 117 Å². The molecule has 1 heterocycles. The van der Waals surface area contributed by atoms with Crippen LogP contribution in [0.15, 0.2) is 72.8 Å². The molecular weight excluding hydrogens is 649 g/mol. The zero-order chi connectivity index (χ0) is 35.6. The zero-order valence-electron chi connectivity index (χ0n) is 29.3. The largest absolute Gasteiger partial charge is 0.465 e. The van der Waals surface area contributed by atoms with Crippen LogP contribution in [0.2, 0.25) is 0 Å². The van der Waals surface area contributed by atoms with E-state index in [1.54, 1.807) is 18.2 Å². The van der Waals surface area contributed by atoms with Crippen molar-refractivity contribution in [1.82, 2.24) is 10.2 Å². The van der Waals surface area contributed by atoms with Crippen LogP contribution in [0, 0.1) is 0 Å². The summed E-state index contributed by atoms with van der Waals surface area (Å²) in [5.74, 6) is -0.877. The minimum Gasteiger partial charge on any atom is -0.465 e. The Kier molecular flexibility index (Phi) is 12.6. The quantitative estimate of drug-likeness (QED) is 0.122. The van der Waals surface area contributed by atoms with Crippen LogP contribution in [-0.4, -0.2) is 54.8 Å². The van der Waals surface area contributed by atoms with E-state index in [0.29, 0.717) is 47.0 Å². The standard InChI is InChI=1S/C40H46N4O5S/c1-26(2)44(23-22-41-27(3)45)25-30-8-7-9-32(24-30)37(46)43-39-36(34-10-5-6-11-35(34)50-39)38(47)42-33-20-16-29(17-21-33)13-12-28-14-18-31(19-15-28)40(48)49-4/h7-9,14-21,24,26H,5-6,10-13,22-23,25H2,1-4H3,(H,41,45)(H,42,47)(H,43,46). The average Bonchev–Trinajstić information content (AvgIpc) is 3.48. The molecule has 50 heavy (non-hydrogen) atoms. The summed E-state index contributed by atoms with van der Waals surface area (Å²) in [6.07, 6.45) is 5.41. The number of anilines is 2. The van der Waals surface area contributed by atoms with E-state index in [1.165, 1.54) is 25.4 Å². The number of hydrogen-bond acceptors (Lipinski definition) is 7. The molecule has 5 rings (SSSR count). The molecule has 0 bridgehead atoms. The predicted molar refractivity (Wildman–Crippen MR) is 199 cm³/mol. The van der Waals surface area contributed by atoms with E-state index in [1.807, 2.05) is 54.6 Å². The Morgan fingerprint density at radius 2 is 1.50 bits per heavy atom. The van der Waals surface area contributed by atoms with Gasteiger partial charge in [-0.05, 0) is 111 Å². The summed E-state index contributed by atoms with van der Waals surface area (Å²) in [5.41, 5.74) is 6.58. The summed E-state index contributed by atoms with van der Waals surface area (Å²) in [6.45, 7) is 7.63. The van der Waals surface area contributed by atoms with Crippen molar-refractivity contribution in [2.24, 2.45) is 0 Å². The van der Waals surface area contributed by atoms with Gasteiger partial charge in [0.05, 0.1) is 18.2 Å². The number of fused-ring (bicyclic) bond motifs is 1. The highest BCUT2D eigenvalue weighted by molar-refractivity contribution is 7.17. The van der Waals surface area contributed by atoms with Gasteiger partial charge in [0.25, 0.3) is 11.8 Å². The summed E-state index contributed by atoms with van der Waals surface area (Å²) >= 11 is 1.50. The Bertz CT molecular complexity index is 1810. The lowest BCUT2D eigenvalue weighted by atomic mass is 9.95. The van der Waals surface area contributed by atoms with Gasteiger partial charge < -0.3 is 20.7 Å². The van der Waals surface area contributed by atoms with E-state index in [9.17, 15) is 19.2 Å². The Balaban J connectivity index is 1.25. The fourth-order valence-corrected chi connectivity index (χ4v) is 7.45. The second kappa shape index (κ2) is 17.2. The number of hydrogen-bond donors (Lipinski definition) is 3. The third kappa shape index (κ3) is 9.67. The number of esters is 1. The number of rotatable bonds is 14. The molecule has 10 heteroatoms. The smallest absolute Gasteiger partial charge is 0.337 e. The van der Waals surface area contributed by atoms with Crippen LogP contribution in [0.1, 0.15) is 91.8 Å². The highest BCUT2D eigenvalue weighted by Crippen LogP contribution is 2.39. The van der Waals surface area contributed by atoms with E-state index in [2.05, 4.69) is 34.7 Å². The average molecular weight is 695 g/mol. The van der Waals surface area contributed by atoms with Crippen molar-refractivity contribution in [3.8, 4) is 0 Å². The maximum absolute atomic E-state index is 13.8. The highest BCUT2D eigenvalue weighted by atomic mass is 32.1. The number of carbonyl (C=O) groups is 4. The van der Waals surface area contributed by atoms with E-state index in [0.717, 1.165) is 65.7 Å². The van der Waals surface area contributed by atoms with E-state index >= 15 is 0 Å². The molecule has 1 aliphatic rings. The monoisotopic (exact) mass is 694 g/mol. The number of nitrogens with zero attached hydrogens (tertiary/aromatic N) is 1. The van der Waals surface area contributed by atoms with Crippen LogP contribution in [0.4, 0.5) is 10.7 Å². The van der Waals surface area contributed by atoms with Crippen LogP contribution in [0.25, 0.3) is 0 Å². The second-order valence-corrected chi connectivity index (χ2v) is 14.1. The van der Waals surface area contributed by atoms with Crippen LogP contribution in [0.3, 0.4) is 0 Å². The molecule has 3 amide bonds. The molecule has 4 aromatic rings. The van der Waals surface area contributed by atoms with Crippen molar-refractivity contribution in [1.29, 1.82) is 0 Å². The summed E-state index contributed by atoms with van der Waals surface area (Å²) in [6, 6.07) is 23.1. The number of aryl methyl sites for hydroxylation is 3. The number of benzene rings is 3. The summed E-state index contributed by atoms with van der Waals surface area (Å²) in [5, 5.41) is 9.60. The van der Waals surface area contributed by atoms with Gasteiger partial charge in [0, 0.05) is 48.7 Å².